The zero-order valence-corrected chi connectivity index (χ0v) is 13.9. The maximum absolute atomic E-state index is 12.1. The van der Waals surface area contributed by atoms with E-state index in [2.05, 4.69) is 4.72 Å². The molecular weight excluding hydrogens is 288 g/mol. The van der Waals surface area contributed by atoms with Crippen LogP contribution >= 0.6 is 0 Å². The number of hydrogen-bond donors (Lipinski definition) is 1. The lowest BCUT2D eigenvalue weighted by molar-refractivity contribution is -0.129. The number of nitrogens with one attached hydrogen (secondary N) is 1. The summed E-state index contributed by atoms with van der Waals surface area (Å²) in [4.78, 5) is 13.4. The van der Waals surface area contributed by atoms with E-state index in [1.165, 1.54) is 6.92 Å². The standard InChI is InChI=1S/C15H24N2O3S/c1-12(2)11-17(14(4)18)9-8-16-21(19,20)15-7-5-6-13(3)10-15/h5-7,10,12,16H,8-9,11H2,1-4H3. The van der Waals surface area contributed by atoms with E-state index in [4.69, 9.17) is 0 Å². The maximum atomic E-state index is 12.1. The van der Waals surface area contributed by atoms with Crippen molar-refractivity contribution in [3.63, 3.8) is 0 Å². The van der Waals surface area contributed by atoms with Crippen molar-refractivity contribution in [2.75, 3.05) is 19.6 Å². The van der Waals surface area contributed by atoms with Gasteiger partial charge in [-0.1, -0.05) is 26.0 Å². The third-order valence-corrected chi connectivity index (χ3v) is 4.46. The molecule has 0 heterocycles. The topological polar surface area (TPSA) is 66.5 Å². The Morgan fingerprint density at radius 1 is 1.33 bits per heavy atom. The van der Waals surface area contributed by atoms with Gasteiger partial charge in [-0.3, -0.25) is 4.79 Å². The Kier molecular flexibility index (Phi) is 6.36. The van der Waals surface area contributed by atoms with Crippen LogP contribution in [-0.2, 0) is 14.8 Å². The van der Waals surface area contributed by atoms with Gasteiger partial charge in [0, 0.05) is 26.6 Å². The molecule has 0 aliphatic rings. The lowest BCUT2D eigenvalue weighted by Gasteiger charge is -2.23. The second kappa shape index (κ2) is 7.56. The van der Waals surface area contributed by atoms with Crippen LogP contribution in [-0.4, -0.2) is 38.9 Å². The molecule has 0 aliphatic carbocycles. The van der Waals surface area contributed by atoms with Gasteiger partial charge in [0.05, 0.1) is 4.90 Å². The molecule has 0 aromatic heterocycles. The molecule has 1 aromatic rings. The molecule has 1 amide bonds. The Bertz CT molecular complexity index is 582. The highest BCUT2D eigenvalue weighted by Gasteiger charge is 2.15. The van der Waals surface area contributed by atoms with Crippen molar-refractivity contribution in [3.05, 3.63) is 29.8 Å². The van der Waals surface area contributed by atoms with Gasteiger partial charge in [-0.2, -0.15) is 0 Å². The predicted octanol–water partition coefficient (Wildman–Crippen LogP) is 1.78. The molecule has 0 radical (unpaired) electrons. The summed E-state index contributed by atoms with van der Waals surface area (Å²) in [5.74, 6) is 0.306. The molecule has 1 rings (SSSR count). The fourth-order valence-electron chi connectivity index (χ4n) is 2.00. The number of amides is 1. The lowest BCUT2D eigenvalue weighted by Crippen LogP contribution is -2.39. The van der Waals surface area contributed by atoms with Crippen LogP contribution in [0.2, 0.25) is 0 Å². The van der Waals surface area contributed by atoms with Crippen molar-refractivity contribution in [1.29, 1.82) is 0 Å². The molecule has 0 fully saturated rings. The number of sulfonamides is 1. The van der Waals surface area contributed by atoms with Crippen LogP contribution in [0, 0.1) is 12.8 Å². The summed E-state index contributed by atoms with van der Waals surface area (Å²) in [6.45, 7) is 8.60. The third-order valence-electron chi connectivity index (χ3n) is 3.00. The molecule has 1 aromatic carbocycles. The molecule has 0 saturated heterocycles. The highest BCUT2D eigenvalue weighted by Crippen LogP contribution is 2.10. The molecule has 6 heteroatoms. The van der Waals surface area contributed by atoms with E-state index in [9.17, 15) is 13.2 Å². The quantitative estimate of drug-likeness (QED) is 0.834. The van der Waals surface area contributed by atoms with Gasteiger partial charge < -0.3 is 4.90 Å². The monoisotopic (exact) mass is 312 g/mol. The molecule has 0 spiro atoms. The van der Waals surface area contributed by atoms with Crippen LogP contribution in [0.25, 0.3) is 0 Å². The number of hydrogen-bond acceptors (Lipinski definition) is 3. The van der Waals surface area contributed by atoms with Crippen molar-refractivity contribution in [1.82, 2.24) is 9.62 Å². The normalized spacial score (nSPS) is 11.7. The first-order valence-electron chi connectivity index (χ1n) is 7.04. The predicted molar refractivity (Wildman–Crippen MR) is 83.5 cm³/mol. The van der Waals surface area contributed by atoms with Crippen molar-refractivity contribution in [2.24, 2.45) is 5.92 Å². The first-order chi connectivity index (χ1) is 9.72. The average Bonchev–Trinajstić information content (AvgIpc) is 2.36. The Balaban J connectivity index is 2.63. The number of rotatable bonds is 7. The highest BCUT2D eigenvalue weighted by molar-refractivity contribution is 7.89. The van der Waals surface area contributed by atoms with Gasteiger partial charge in [0.2, 0.25) is 15.9 Å². The molecule has 0 bridgehead atoms. The van der Waals surface area contributed by atoms with Gasteiger partial charge in [-0.05, 0) is 30.5 Å². The summed E-state index contributed by atoms with van der Waals surface area (Å²) in [6.07, 6.45) is 0. The molecule has 0 aliphatic heterocycles. The van der Waals surface area contributed by atoms with E-state index in [0.29, 0.717) is 19.0 Å². The van der Waals surface area contributed by atoms with Crippen molar-refractivity contribution < 1.29 is 13.2 Å². The minimum atomic E-state index is -3.52. The molecule has 0 saturated carbocycles. The van der Waals surface area contributed by atoms with Crippen LogP contribution < -0.4 is 4.72 Å². The van der Waals surface area contributed by atoms with Crippen molar-refractivity contribution in [3.8, 4) is 0 Å². The van der Waals surface area contributed by atoms with E-state index in [1.54, 1.807) is 23.1 Å². The molecule has 21 heavy (non-hydrogen) atoms. The average molecular weight is 312 g/mol. The first-order valence-corrected chi connectivity index (χ1v) is 8.52. The number of aryl methyl sites for hydroxylation is 1. The van der Waals surface area contributed by atoms with Crippen molar-refractivity contribution in [2.45, 2.75) is 32.6 Å². The number of carbonyl (C=O) groups is 1. The fourth-order valence-corrected chi connectivity index (χ4v) is 3.12. The Hall–Kier alpha value is -1.40. The van der Waals surface area contributed by atoms with Crippen LogP contribution in [0.5, 0.6) is 0 Å². The Labute approximate surface area is 127 Å². The van der Waals surface area contributed by atoms with Gasteiger partial charge in [0.25, 0.3) is 0 Å². The summed E-state index contributed by atoms with van der Waals surface area (Å²) in [5.41, 5.74) is 0.892. The van der Waals surface area contributed by atoms with Crippen LogP contribution in [0.15, 0.2) is 29.2 Å². The zero-order chi connectivity index (χ0) is 16.0. The van der Waals surface area contributed by atoms with Crippen LogP contribution in [0.1, 0.15) is 26.3 Å². The Morgan fingerprint density at radius 2 is 2.00 bits per heavy atom. The molecule has 1 N–H and O–H groups in total. The summed E-state index contributed by atoms with van der Waals surface area (Å²) < 4.78 is 26.8. The zero-order valence-electron chi connectivity index (χ0n) is 13.1. The first kappa shape index (κ1) is 17.7. The van der Waals surface area contributed by atoms with E-state index in [0.717, 1.165) is 5.56 Å². The SMILES string of the molecule is CC(=O)N(CCNS(=O)(=O)c1cccc(C)c1)CC(C)C. The van der Waals surface area contributed by atoms with Gasteiger partial charge in [0.15, 0.2) is 0 Å². The molecule has 0 unspecified atom stereocenters. The fraction of sp³-hybridized carbons (Fsp3) is 0.533. The van der Waals surface area contributed by atoms with Crippen molar-refractivity contribution >= 4 is 15.9 Å². The summed E-state index contributed by atoms with van der Waals surface area (Å²) in [5, 5.41) is 0. The third kappa shape index (κ3) is 5.85. The number of benzene rings is 1. The van der Waals surface area contributed by atoms with E-state index < -0.39 is 10.0 Å². The smallest absolute Gasteiger partial charge is 0.240 e. The molecule has 0 atom stereocenters. The summed E-state index contributed by atoms with van der Waals surface area (Å²) in [6, 6.07) is 6.75. The molecule has 5 nitrogen and oxygen atoms in total. The second-order valence-electron chi connectivity index (χ2n) is 5.57. The minimum Gasteiger partial charge on any atom is -0.341 e. The summed E-state index contributed by atoms with van der Waals surface area (Å²) >= 11 is 0. The number of nitrogens with zero attached hydrogens (tertiary/aromatic N) is 1. The van der Waals surface area contributed by atoms with E-state index in [1.807, 2.05) is 26.8 Å². The highest BCUT2D eigenvalue weighted by atomic mass is 32.2. The van der Waals surface area contributed by atoms with Crippen LogP contribution in [0.4, 0.5) is 0 Å². The molecule has 118 valence electrons. The van der Waals surface area contributed by atoms with Gasteiger partial charge in [0.1, 0.15) is 0 Å². The second-order valence-corrected chi connectivity index (χ2v) is 7.34. The number of carbonyl (C=O) groups excluding carboxylic acids is 1. The van der Waals surface area contributed by atoms with E-state index >= 15 is 0 Å². The largest absolute Gasteiger partial charge is 0.341 e. The van der Waals surface area contributed by atoms with Gasteiger partial charge in [-0.25, -0.2) is 13.1 Å². The van der Waals surface area contributed by atoms with E-state index in [-0.39, 0.29) is 17.3 Å². The van der Waals surface area contributed by atoms with Gasteiger partial charge in [-0.15, -0.1) is 0 Å². The summed E-state index contributed by atoms with van der Waals surface area (Å²) in [7, 11) is -3.52. The van der Waals surface area contributed by atoms with Gasteiger partial charge >= 0.3 is 0 Å². The minimum absolute atomic E-state index is 0.0431. The van der Waals surface area contributed by atoms with Crippen LogP contribution in [0.3, 0.4) is 0 Å². The maximum Gasteiger partial charge on any atom is 0.240 e. The molecular formula is C15H24N2O3S. The Morgan fingerprint density at radius 3 is 2.52 bits per heavy atom. The lowest BCUT2D eigenvalue weighted by atomic mass is 10.2.